The third-order valence-corrected chi connectivity index (χ3v) is 11.6. The first-order valence-electron chi connectivity index (χ1n) is 16.3. The topological polar surface area (TPSA) is 97.7 Å². The van der Waals surface area contributed by atoms with Crippen LogP contribution in [0.1, 0.15) is 11.0 Å². The normalized spacial score (nSPS) is 12.7. The van der Waals surface area contributed by atoms with Crippen LogP contribution in [0.25, 0.3) is 65.7 Å². The Kier molecular flexibility index (Phi) is 8.24. The van der Waals surface area contributed by atoms with E-state index >= 15 is 0 Å². The van der Waals surface area contributed by atoms with Crippen LogP contribution in [-0.2, 0) is 24.4 Å². The van der Waals surface area contributed by atoms with Gasteiger partial charge in [0.15, 0.2) is 0 Å². The van der Waals surface area contributed by atoms with Crippen LogP contribution in [0.3, 0.4) is 0 Å². The van der Waals surface area contributed by atoms with Gasteiger partial charge < -0.3 is 0 Å². The first kappa shape index (κ1) is 32.6. The van der Waals surface area contributed by atoms with Crippen molar-refractivity contribution in [1.29, 1.82) is 0 Å². The van der Waals surface area contributed by atoms with Crippen molar-refractivity contribution in [3.05, 3.63) is 175 Å². The summed E-state index contributed by atoms with van der Waals surface area (Å²) >= 11 is 0. The Balaban J connectivity index is 1.52. The van der Waals surface area contributed by atoms with Crippen molar-refractivity contribution in [2.75, 3.05) is 0 Å². The number of fused-ring (bicyclic) bond motifs is 3. The quantitative estimate of drug-likeness (QED) is 0.125. The lowest BCUT2D eigenvalue weighted by Crippen LogP contribution is -2.21. The average molecular weight is 707 g/mol. The molecule has 0 saturated carbocycles. The van der Waals surface area contributed by atoms with E-state index in [1.807, 2.05) is 140 Å². The van der Waals surface area contributed by atoms with Crippen molar-refractivity contribution in [3.63, 3.8) is 0 Å². The van der Waals surface area contributed by atoms with Gasteiger partial charge in [-0.3, -0.25) is 4.55 Å². The summed E-state index contributed by atoms with van der Waals surface area (Å²) in [5, 5.41) is 5.38. The largest absolute Gasteiger partial charge is 0.299 e. The zero-order valence-corrected chi connectivity index (χ0v) is 28.7. The summed E-state index contributed by atoms with van der Waals surface area (Å²) < 4.78 is 71.7. The molecule has 1 atom stereocenters. The van der Waals surface area contributed by atoms with Crippen LogP contribution >= 0.6 is 0 Å². The monoisotopic (exact) mass is 706 g/mol. The van der Waals surface area contributed by atoms with E-state index in [0.29, 0.717) is 22.3 Å². The number of hydrogen-bond acceptors (Lipinski definition) is 5. The van der Waals surface area contributed by atoms with E-state index in [4.69, 9.17) is 4.18 Å². The van der Waals surface area contributed by atoms with Gasteiger partial charge >= 0.3 is 0 Å². The zero-order chi connectivity index (χ0) is 35.2. The highest BCUT2D eigenvalue weighted by Gasteiger charge is 2.36. The Labute approximate surface area is 296 Å². The van der Waals surface area contributed by atoms with Crippen LogP contribution in [0.4, 0.5) is 0 Å². The Morgan fingerprint density at radius 3 is 1.29 bits per heavy atom. The fourth-order valence-corrected chi connectivity index (χ4v) is 9.42. The molecule has 8 rings (SSSR count). The highest BCUT2D eigenvalue weighted by atomic mass is 32.2. The van der Waals surface area contributed by atoms with Gasteiger partial charge in [0.05, 0.1) is 0 Å². The molecule has 0 radical (unpaired) electrons. The van der Waals surface area contributed by atoms with Crippen molar-refractivity contribution in [2.45, 2.75) is 10.3 Å². The van der Waals surface area contributed by atoms with Crippen LogP contribution in [0.2, 0.25) is 0 Å². The van der Waals surface area contributed by atoms with Gasteiger partial charge in [-0.2, -0.15) is 16.8 Å². The lowest BCUT2D eigenvalue weighted by molar-refractivity contribution is 0.266. The molecule has 0 spiro atoms. The molecule has 0 aliphatic rings. The maximum atomic E-state index is 15.0. The molecule has 0 amide bonds. The Morgan fingerprint density at radius 2 is 0.824 bits per heavy atom. The van der Waals surface area contributed by atoms with Gasteiger partial charge in [-0.15, -0.1) is 0 Å². The van der Waals surface area contributed by atoms with Crippen molar-refractivity contribution < 1.29 is 25.6 Å². The molecule has 51 heavy (non-hydrogen) atoms. The molecule has 0 fully saturated rings. The Morgan fingerprint density at radius 1 is 0.431 bits per heavy atom. The van der Waals surface area contributed by atoms with Gasteiger partial charge in [-0.05, 0) is 72.3 Å². The molecule has 0 aromatic heterocycles. The molecule has 0 saturated heterocycles. The average Bonchev–Trinajstić information content (AvgIpc) is 3.15. The van der Waals surface area contributed by atoms with E-state index in [-0.39, 0.29) is 10.5 Å². The molecular formula is C43H30O6S2. The molecule has 1 N–H and O–H groups in total. The third kappa shape index (κ3) is 6.09. The molecule has 250 valence electrons. The molecule has 0 bridgehead atoms. The third-order valence-electron chi connectivity index (χ3n) is 9.16. The smallest absolute Gasteiger partial charge is 0.283 e. The van der Waals surface area contributed by atoms with Crippen LogP contribution in [-0.4, -0.2) is 21.4 Å². The number of rotatable bonds is 8. The number of benzene rings is 8. The first-order valence-corrected chi connectivity index (χ1v) is 19.2. The first-order chi connectivity index (χ1) is 24.7. The maximum absolute atomic E-state index is 15.0. The fraction of sp³-hybridized carbons (Fsp3) is 0.0233. The minimum Gasteiger partial charge on any atom is -0.283 e. The summed E-state index contributed by atoms with van der Waals surface area (Å²) in [6, 6.07) is 51.9. The molecule has 0 aliphatic heterocycles. The van der Waals surface area contributed by atoms with E-state index < -0.39 is 25.7 Å². The second-order valence-electron chi connectivity index (χ2n) is 12.3. The van der Waals surface area contributed by atoms with Crippen LogP contribution in [0.15, 0.2) is 175 Å². The van der Waals surface area contributed by atoms with Crippen molar-refractivity contribution in [1.82, 2.24) is 0 Å². The highest BCUT2D eigenvalue weighted by Crippen LogP contribution is 2.46. The summed E-state index contributed by atoms with van der Waals surface area (Å²) in [6.07, 6.45) is 0. The van der Waals surface area contributed by atoms with Crippen LogP contribution < -0.4 is 0 Å². The van der Waals surface area contributed by atoms with E-state index in [9.17, 15) is 21.4 Å². The lowest BCUT2D eigenvalue weighted by atomic mass is 9.88. The van der Waals surface area contributed by atoms with Crippen molar-refractivity contribution >= 4 is 52.6 Å². The second kappa shape index (κ2) is 12.9. The molecule has 6 nitrogen and oxygen atoms in total. The van der Waals surface area contributed by atoms with Gasteiger partial charge in [0.1, 0.15) is 4.90 Å². The molecule has 8 aromatic rings. The molecule has 8 heteroatoms. The molecule has 0 aliphatic carbocycles. The standard InChI is InChI=1S/C43H30O6S2/c44-50(45,46)43(32-16-2-1-3-17-32)49-51(47,48)42-40(38-25-11-19-30-14-5-8-22-35(30)38)27-33(37-24-10-18-29-13-4-7-21-34(29)37)28-41(42)39-26-12-20-31-15-6-9-23-36(31)39/h1-28,43H,(H,44,45,46). The maximum Gasteiger partial charge on any atom is 0.299 e. The van der Waals surface area contributed by atoms with E-state index in [1.54, 1.807) is 18.2 Å². The summed E-state index contributed by atoms with van der Waals surface area (Å²) in [6.45, 7) is 0. The Bertz CT molecular complexity index is 2720. The van der Waals surface area contributed by atoms with Crippen LogP contribution in [0, 0.1) is 0 Å². The van der Waals surface area contributed by atoms with Gasteiger partial charge in [0.2, 0.25) is 5.44 Å². The van der Waals surface area contributed by atoms with Crippen molar-refractivity contribution in [2.24, 2.45) is 0 Å². The molecule has 1 unspecified atom stereocenters. The predicted octanol–water partition coefficient (Wildman–Crippen LogP) is 10.4. The summed E-state index contributed by atoms with van der Waals surface area (Å²) in [5.74, 6) is 0. The van der Waals surface area contributed by atoms with Crippen molar-refractivity contribution in [3.8, 4) is 33.4 Å². The van der Waals surface area contributed by atoms with E-state index in [0.717, 1.165) is 43.4 Å². The van der Waals surface area contributed by atoms with Gasteiger partial charge in [0, 0.05) is 11.1 Å². The van der Waals surface area contributed by atoms with E-state index in [2.05, 4.69) is 0 Å². The fourth-order valence-electron chi connectivity index (χ4n) is 6.90. The highest BCUT2D eigenvalue weighted by molar-refractivity contribution is 7.89. The van der Waals surface area contributed by atoms with Gasteiger partial charge in [-0.25, -0.2) is 4.18 Å². The van der Waals surface area contributed by atoms with Gasteiger partial charge in [0.25, 0.3) is 20.2 Å². The van der Waals surface area contributed by atoms with E-state index in [1.165, 1.54) is 12.1 Å². The second-order valence-corrected chi connectivity index (χ2v) is 15.3. The lowest BCUT2D eigenvalue weighted by Gasteiger charge is -2.22. The zero-order valence-electron chi connectivity index (χ0n) is 27.0. The minimum absolute atomic E-state index is 0.0330. The molecular weight excluding hydrogens is 677 g/mol. The SMILES string of the molecule is O=S(=O)(OC(c1ccccc1)S(=O)(=O)O)c1c(-c2cccc3ccccc23)cc(-c2cccc3ccccc23)cc1-c1cccc2ccccc12. The molecule has 8 aromatic carbocycles. The summed E-state index contributed by atoms with van der Waals surface area (Å²) in [7, 11) is -10.0. The summed E-state index contributed by atoms with van der Waals surface area (Å²) in [4.78, 5) is -0.219. The minimum atomic E-state index is -5.06. The van der Waals surface area contributed by atoms with Crippen LogP contribution in [0.5, 0.6) is 0 Å². The predicted molar refractivity (Wildman–Crippen MR) is 204 cm³/mol. The Hall–Kier alpha value is -5.64. The number of hydrogen-bond donors (Lipinski definition) is 1. The van der Waals surface area contributed by atoms with Gasteiger partial charge in [-0.1, -0.05) is 158 Å². The molecule has 0 heterocycles. The summed E-state index contributed by atoms with van der Waals surface area (Å²) in [5.41, 5.74) is 1.28.